The Balaban J connectivity index is 1.97. The van der Waals surface area contributed by atoms with Crippen LogP contribution in [-0.2, 0) is 22.9 Å². The maximum Gasteiger partial charge on any atom is 0.262 e. The van der Waals surface area contributed by atoms with Gasteiger partial charge in [-0.2, -0.15) is 0 Å². The molecule has 0 bridgehead atoms. The number of nitrogens with zero attached hydrogens (tertiary/aromatic N) is 1. The molecule has 1 N–H and O–H groups in total. The van der Waals surface area contributed by atoms with Crippen LogP contribution in [0.2, 0.25) is 0 Å². The molecule has 1 aliphatic carbocycles. The van der Waals surface area contributed by atoms with Gasteiger partial charge in [0, 0.05) is 11.6 Å². The number of sulfonamides is 1. The molecule has 28 heavy (non-hydrogen) atoms. The van der Waals surface area contributed by atoms with E-state index in [2.05, 4.69) is 9.62 Å². The van der Waals surface area contributed by atoms with Crippen LogP contribution in [0.25, 0.3) is 0 Å². The molecule has 0 saturated carbocycles. The third-order valence-corrected chi connectivity index (χ3v) is 6.55. The van der Waals surface area contributed by atoms with Gasteiger partial charge in [0.1, 0.15) is 5.75 Å². The number of anilines is 1. The van der Waals surface area contributed by atoms with Crippen LogP contribution in [0.1, 0.15) is 17.5 Å². The quantitative estimate of drug-likeness (QED) is 0.796. The molecule has 1 unspecified atom stereocenters. The third-order valence-electron chi connectivity index (χ3n) is 5.18. The van der Waals surface area contributed by atoms with E-state index in [0.29, 0.717) is 11.7 Å². The van der Waals surface area contributed by atoms with Crippen molar-refractivity contribution >= 4 is 15.7 Å². The number of halogens is 1. The first-order valence-electron chi connectivity index (χ1n) is 8.98. The standard InChI is InChI=1S/C20H25FN2O4S/c1-23(2)13-5-7-15-16(11-13)19(26-3)10-8-18(15)22-28(24,25)14-6-9-20(27-4)17(21)12-14/h6,8-10,12-13,22H,5,7,11H2,1-4H3. The highest BCUT2D eigenvalue weighted by atomic mass is 32.2. The van der Waals surface area contributed by atoms with E-state index >= 15 is 0 Å². The molecule has 0 fully saturated rings. The van der Waals surface area contributed by atoms with Crippen molar-refractivity contribution in [2.75, 3.05) is 33.0 Å². The van der Waals surface area contributed by atoms with Crippen molar-refractivity contribution in [1.82, 2.24) is 4.90 Å². The molecule has 1 atom stereocenters. The summed E-state index contributed by atoms with van der Waals surface area (Å²) in [6, 6.07) is 7.41. The number of hydrogen-bond donors (Lipinski definition) is 1. The van der Waals surface area contributed by atoms with Crippen LogP contribution in [0.15, 0.2) is 35.2 Å². The lowest BCUT2D eigenvalue weighted by atomic mass is 9.86. The van der Waals surface area contributed by atoms with E-state index in [4.69, 9.17) is 9.47 Å². The summed E-state index contributed by atoms with van der Waals surface area (Å²) < 4.78 is 52.6. The smallest absolute Gasteiger partial charge is 0.262 e. The molecule has 152 valence electrons. The number of methoxy groups -OCH3 is 2. The normalized spacial score (nSPS) is 16.6. The second-order valence-corrected chi connectivity index (χ2v) is 8.72. The van der Waals surface area contributed by atoms with Crippen LogP contribution in [0.4, 0.5) is 10.1 Å². The van der Waals surface area contributed by atoms with E-state index in [9.17, 15) is 12.8 Å². The number of fused-ring (bicyclic) bond motifs is 1. The number of rotatable bonds is 6. The monoisotopic (exact) mass is 408 g/mol. The fraction of sp³-hybridized carbons (Fsp3) is 0.400. The number of hydrogen-bond acceptors (Lipinski definition) is 5. The average Bonchev–Trinajstić information content (AvgIpc) is 2.67. The first-order valence-corrected chi connectivity index (χ1v) is 10.5. The number of ether oxygens (including phenoxy) is 2. The van der Waals surface area contributed by atoms with Gasteiger partial charge in [-0.15, -0.1) is 0 Å². The second kappa shape index (κ2) is 7.97. The van der Waals surface area contributed by atoms with Crippen molar-refractivity contribution in [2.24, 2.45) is 0 Å². The molecular weight excluding hydrogens is 383 g/mol. The van der Waals surface area contributed by atoms with E-state index < -0.39 is 15.8 Å². The van der Waals surface area contributed by atoms with Crippen LogP contribution in [0.5, 0.6) is 11.5 Å². The summed E-state index contributed by atoms with van der Waals surface area (Å²) in [7, 11) is 3.07. The van der Waals surface area contributed by atoms with Crippen molar-refractivity contribution in [3.63, 3.8) is 0 Å². The lowest BCUT2D eigenvalue weighted by molar-refractivity contribution is 0.265. The fourth-order valence-corrected chi connectivity index (χ4v) is 4.68. The Hall–Kier alpha value is -2.32. The van der Waals surface area contributed by atoms with Gasteiger partial charge in [0.15, 0.2) is 11.6 Å². The van der Waals surface area contributed by atoms with E-state index in [1.54, 1.807) is 19.2 Å². The summed E-state index contributed by atoms with van der Waals surface area (Å²) >= 11 is 0. The van der Waals surface area contributed by atoms with E-state index in [-0.39, 0.29) is 10.6 Å². The zero-order valence-electron chi connectivity index (χ0n) is 16.5. The van der Waals surface area contributed by atoms with Crippen LogP contribution < -0.4 is 14.2 Å². The Bertz CT molecular complexity index is 976. The molecule has 0 radical (unpaired) electrons. The minimum Gasteiger partial charge on any atom is -0.496 e. The molecule has 0 saturated heterocycles. The highest BCUT2D eigenvalue weighted by Gasteiger charge is 2.27. The Morgan fingerprint density at radius 2 is 1.75 bits per heavy atom. The van der Waals surface area contributed by atoms with Crippen LogP contribution in [0, 0.1) is 5.82 Å². The highest BCUT2D eigenvalue weighted by molar-refractivity contribution is 7.92. The second-order valence-electron chi connectivity index (χ2n) is 7.03. The van der Waals surface area contributed by atoms with Crippen molar-refractivity contribution in [1.29, 1.82) is 0 Å². The Morgan fingerprint density at radius 3 is 2.36 bits per heavy atom. The molecule has 2 aromatic rings. The van der Waals surface area contributed by atoms with E-state index in [1.165, 1.54) is 19.2 Å². The predicted octanol–water partition coefficient (Wildman–Crippen LogP) is 3.06. The maximum atomic E-state index is 14.0. The molecule has 0 heterocycles. The molecule has 2 aromatic carbocycles. The van der Waals surface area contributed by atoms with Crippen LogP contribution in [-0.4, -0.2) is 47.7 Å². The van der Waals surface area contributed by atoms with Gasteiger partial charge < -0.3 is 14.4 Å². The maximum absolute atomic E-state index is 14.0. The summed E-state index contributed by atoms with van der Waals surface area (Å²) in [5.41, 5.74) is 2.44. The minimum absolute atomic E-state index is 0.00416. The highest BCUT2D eigenvalue weighted by Crippen LogP contribution is 2.36. The zero-order valence-corrected chi connectivity index (χ0v) is 17.3. The van der Waals surface area contributed by atoms with E-state index in [0.717, 1.165) is 42.2 Å². The van der Waals surface area contributed by atoms with Crippen molar-refractivity contribution < 1.29 is 22.3 Å². The lowest BCUT2D eigenvalue weighted by Gasteiger charge is -2.32. The molecule has 0 spiro atoms. The lowest BCUT2D eigenvalue weighted by Crippen LogP contribution is -2.34. The van der Waals surface area contributed by atoms with Crippen LogP contribution in [0.3, 0.4) is 0 Å². The largest absolute Gasteiger partial charge is 0.496 e. The Morgan fingerprint density at radius 1 is 1.07 bits per heavy atom. The number of benzene rings is 2. The third kappa shape index (κ3) is 3.93. The Kier molecular flexibility index (Phi) is 5.81. The number of nitrogens with one attached hydrogen (secondary N) is 1. The summed E-state index contributed by atoms with van der Waals surface area (Å²) in [5.74, 6) is 0.0199. The predicted molar refractivity (Wildman–Crippen MR) is 106 cm³/mol. The average molecular weight is 408 g/mol. The van der Waals surface area contributed by atoms with Crippen molar-refractivity contribution in [3.8, 4) is 11.5 Å². The number of likely N-dealkylation sites (N-methyl/N-ethyl adjacent to an activating group) is 1. The summed E-state index contributed by atoms with van der Waals surface area (Å²) in [6.45, 7) is 0. The molecular formula is C20H25FN2O4S. The first-order chi connectivity index (χ1) is 13.3. The summed E-state index contributed by atoms with van der Waals surface area (Å²) in [6.07, 6.45) is 2.42. The topological polar surface area (TPSA) is 67.9 Å². The molecule has 0 amide bonds. The van der Waals surface area contributed by atoms with Gasteiger partial charge in [0.25, 0.3) is 10.0 Å². The SMILES string of the molecule is COc1ccc(S(=O)(=O)Nc2ccc(OC)c3c2CCC(N(C)C)C3)cc1F. The molecule has 0 aromatic heterocycles. The summed E-state index contributed by atoms with van der Waals surface area (Å²) in [5, 5.41) is 0. The van der Waals surface area contributed by atoms with Crippen LogP contribution >= 0.6 is 0 Å². The van der Waals surface area contributed by atoms with Crippen molar-refractivity contribution in [3.05, 3.63) is 47.3 Å². The molecule has 8 heteroatoms. The summed E-state index contributed by atoms with van der Waals surface area (Å²) in [4.78, 5) is 2.01. The molecule has 3 rings (SSSR count). The van der Waals surface area contributed by atoms with Crippen molar-refractivity contribution in [2.45, 2.75) is 30.2 Å². The minimum atomic E-state index is -3.94. The van der Waals surface area contributed by atoms with Gasteiger partial charge in [-0.25, -0.2) is 12.8 Å². The van der Waals surface area contributed by atoms with Gasteiger partial charge >= 0.3 is 0 Å². The van der Waals surface area contributed by atoms with Gasteiger partial charge in [-0.05, 0) is 69.3 Å². The molecule has 1 aliphatic rings. The first kappa shape index (κ1) is 20.4. The van der Waals surface area contributed by atoms with Gasteiger partial charge in [0.05, 0.1) is 24.8 Å². The fourth-order valence-electron chi connectivity index (χ4n) is 3.58. The molecule has 0 aliphatic heterocycles. The van der Waals surface area contributed by atoms with E-state index in [1.807, 2.05) is 14.1 Å². The van der Waals surface area contributed by atoms with Gasteiger partial charge in [0.2, 0.25) is 0 Å². The molecule has 6 nitrogen and oxygen atoms in total. The zero-order chi connectivity index (χ0) is 20.5. The van der Waals surface area contributed by atoms with Gasteiger partial charge in [-0.1, -0.05) is 0 Å². The van der Waals surface area contributed by atoms with Gasteiger partial charge in [-0.3, -0.25) is 4.72 Å². The Labute approximate surface area is 165 Å².